The fraction of sp³-hybridized carbons (Fsp3) is 0.667. The van der Waals surface area contributed by atoms with E-state index in [2.05, 4.69) is 9.80 Å². The molecule has 2 aliphatic heterocycles. The maximum absolute atomic E-state index is 12.7. The predicted octanol–water partition coefficient (Wildman–Crippen LogP) is 2.34. The first-order chi connectivity index (χ1) is 12.7. The van der Waals surface area contributed by atoms with Gasteiger partial charge in [-0.3, -0.25) is 9.69 Å². The van der Waals surface area contributed by atoms with Gasteiger partial charge in [0.2, 0.25) is 5.91 Å². The van der Waals surface area contributed by atoms with Crippen molar-refractivity contribution in [3.63, 3.8) is 0 Å². The van der Waals surface area contributed by atoms with Gasteiger partial charge in [0.25, 0.3) is 0 Å². The first-order valence-electron chi connectivity index (χ1n) is 9.93. The Balaban J connectivity index is 1.32. The van der Waals surface area contributed by atoms with Gasteiger partial charge in [0.15, 0.2) is 0 Å². The molecule has 1 spiro atoms. The highest BCUT2D eigenvalue weighted by Crippen LogP contribution is 2.51. The Morgan fingerprint density at radius 2 is 1.96 bits per heavy atom. The van der Waals surface area contributed by atoms with E-state index in [1.54, 1.807) is 7.11 Å². The van der Waals surface area contributed by atoms with Crippen molar-refractivity contribution in [2.45, 2.75) is 38.1 Å². The minimum Gasteiger partial charge on any atom is -0.497 e. The lowest BCUT2D eigenvalue weighted by atomic mass is 9.58. The average Bonchev–Trinajstić information content (AvgIpc) is 2.68. The number of hydrogen-bond donors (Lipinski definition) is 0. The van der Waals surface area contributed by atoms with Gasteiger partial charge in [-0.1, -0.05) is 12.1 Å². The molecule has 0 aromatic heterocycles. The number of morpholine rings is 1. The zero-order valence-corrected chi connectivity index (χ0v) is 15.8. The molecule has 1 atom stereocenters. The summed E-state index contributed by atoms with van der Waals surface area (Å²) in [5.41, 5.74) is 1.48. The van der Waals surface area contributed by atoms with Crippen molar-refractivity contribution in [1.82, 2.24) is 9.80 Å². The van der Waals surface area contributed by atoms with Crippen LogP contribution in [-0.2, 0) is 16.0 Å². The molecule has 142 valence electrons. The smallest absolute Gasteiger partial charge is 0.226 e. The molecule has 5 heteroatoms. The van der Waals surface area contributed by atoms with E-state index in [9.17, 15) is 4.79 Å². The van der Waals surface area contributed by atoms with Gasteiger partial charge < -0.3 is 14.4 Å². The van der Waals surface area contributed by atoms with E-state index >= 15 is 0 Å². The normalized spacial score (nSPS) is 25.7. The number of likely N-dealkylation sites (tertiary alicyclic amines) is 1. The maximum atomic E-state index is 12.7. The first-order valence-corrected chi connectivity index (χ1v) is 9.93. The Hall–Kier alpha value is -1.59. The van der Waals surface area contributed by atoms with Gasteiger partial charge in [-0.2, -0.15) is 0 Å². The molecular weight excluding hydrogens is 328 g/mol. The van der Waals surface area contributed by atoms with Gasteiger partial charge in [-0.15, -0.1) is 0 Å². The van der Waals surface area contributed by atoms with Crippen LogP contribution in [0.15, 0.2) is 24.3 Å². The van der Waals surface area contributed by atoms with Crippen molar-refractivity contribution in [2.24, 2.45) is 5.41 Å². The summed E-state index contributed by atoms with van der Waals surface area (Å²) in [6.45, 7) is 5.71. The molecule has 2 saturated heterocycles. The Bertz CT molecular complexity index is 634. The van der Waals surface area contributed by atoms with Crippen LogP contribution in [-0.4, -0.2) is 68.3 Å². The molecule has 1 amide bonds. The molecule has 3 aliphatic rings. The van der Waals surface area contributed by atoms with Crippen molar-refractivity contribution < 1.29 is 14.3 Å². The molecule has 26 heavy (non-hydrogen) atoms. The minimum absolute atomic E-state index is 0.246. The fourth-order valence-electron chi connectivity index (χ4n) is 4.99. The summed E-state index contributed by atoms with van der Waals surface area (Å²) in [5.74, 6) is 1.06. The van der Waals surface area contributed by atoms with Gasteiger partial charge in [-0.05, 0) is 48.8 Å². The zero-order chi connectivity index (χ0) is 18.0. The Labute approximate surface area is 156 Å². The summed E-state index contributed by atoms with van der Waals surface area (Å²) >= 11 is 0. The monoisotopic (exact) mass is 358 g/mol. The van der Waals surface area contributed by atoms with E-state index < -0.39 is 0 Å². The second kappa shape index (κ2) is 7.57. The van der Waals surface area contributed by atoms with Gasteiger partial charge in [-0.25, -0.2) is 0 Å². The summed E-state index contributed by atoms with van der Waals surface area (Å²) in [4.78, 5) is 17.4. The highest BCUT2D eigenvalue weighted by molar-refractivity contribution is 5.79. The molecule has 4 rings (SSSR count). The number of ether oxygens (including phenoxy) is 2. The van der Waals surface area contributed by atoms with Crippen molar-refractivity contribution in [2.75, 3.05) is 46.5 Å². The first kappa shape index (κ1) is 17.8. The van der Waals surface area contributed by atoms with Gasteiger partial charge in [0.05, 0.1) is 26.7 Å². The molecule has 0 radical (unpaired) electrons. The summed E-state index contributed by atoms with van der Waals surface area (Å²) in [7, 11) is 1.66. The lowest BCUT2D eigenvalue weighted by Crippen LogP contribution is -2.61. The number of nitrogens with zero attached hydrogens (tertiary/aromatic N) is 2. The fourth-order valence-corrected chi connectivity index (χ4v) is 4.99. The molecular formula is C21H30N2O3. The van der Waals surface area contributed by atoms with E-state index in [-0.39, 0.29) is 5.91 Å². The number of piperidine rings is 1. The quantitative estimate of drug-likeness (QED) is 0.829. The van der Waals surface area contributed by atoms with E-state index in [1.165, 1.54) is 12.8 Å². The van der Waals surface area contributed by atoms with Gasteiger partial charge in [0.1, 0.15) is 5.75 Å². The van der Waals surface area contributed by atoms with Crippen LogP contribution in [0.1, 0.15) is 31.2 Å². The van der Waals surface area contributed by atoms with Crippen molar-refractivity contribution >= 4 is 5.91 Å². The van der Waals surface area contributed by atoms with Crippen LogP contribution in [0.25, 0.3) is 0 Å². The third kappa shape index (κ3) is 3.47. The van der Waals surface area contributed by atoms with Crippen LogP contribution in [0.3, 0.4) is 0 Å². The number of rotatable bonds is 4. The molecule has 2 heterocycles. The van der Waals surface area contributed by atoms with Crippen LogP contribution in [0.5, 0.6) is 5.75 Å². The minimum atomic E-state index is 0.246. The molecule has 1 saturated carbocycles. The van der Waals surface area contributed by atoms with Gasteiger partial charge in [0, 0.05) is 32.2 Å². The molecule has 5 nitrogen and oxygen atoms in total. The third-order valence-electron chi connectivity index (χ3n) is 6.71. The van der Waals surface area contributed by atoms with Gasteiger partial charge >= 0.3 is 0 Å². The average molecular weight is 358 g/mol. The third-order valence-corrected chi connectivity index (χ3v) is 6.71. The standard InChI is InChI=1S/C21H30N2O3/c1-25-18-4-2-3-17(15-18)16-20(24)23-9-7-21(8-10-23)6-5-19(21)22-11-13-26-14-12-22/h2-4,15,19H,5-14,16H2,1H3. The zero-order valence-electron chi connectivity index (χ0n) is 15.8. The number of carbonyl (C=O) groups is 1. The SMILES string of the molecule is COc1cccc(CC(=O)N2CCC3(CCC3N3CCOCC3)CC2)c1. The summed E-state index contributed by atoms with van der Waals surface area (Å²) < 4.78 is 10.8. The highest BCUT2D eigenvalue weighted by atomic mass is 16.5. The number of carbonyl (C=O) groups excluding carboxylic acids is 1. The van der Waals surface area contributed by atoms with Crippen LogP contribution >= 0.6 is 0 Å². The van der Waals surface area contributed by atoms with Crippen molar-refractivity contribution in [3.05, 3.63) is 29.8 Å². The molecule has 0 bridgehead atoms. The molecule has 0 N–H and O–H groups in total. The van der Waals surface area contributed by atoms with E-state index in [1.807, 2.05) is 24.3 Å². The van der Waals surface area contributed by atoms with Crippen LogP contribution in [0.4, 0.5) is 0 Å². The largest absolute Gasteiger partial charge is 0.497 e. The molecule has 3 fully saturated rings. The number of hydrogen-bond acceptors (Lipinski definition) is 4. The molecule has 1 unspecified atom stereocenters. The predicted molar refractivity (Wildman–Crippen MR) is 100 cm³/mol. The second-order valence-corrected chi connectivity index (χ2v) is 7.97. The highest BCUT2D eigenvalue weighted by Gasteiger charge is 2.50. The van der Waals surface area contributed by atoms with Crippen LogP contribution in [0, 0.1) is 5.41 Å². The Morgan fingerprint density at radius 1 is 1.19 bits per heavy atom. The lowest BCUT2D eigenvalue weighted by Gasteiger charge is -2.58. The molecule has 1 aromatic carbocycles. The molecule has 1 aliphatic carbocycles. The number of amides is 1. The number of benzene rings is 1. The van der Waals surface area contributed by atoms with E-state index in [0.717, 1.165) is 63.5 Å². The Kier molecular flexibility index (Phi) is 5.18. The lowest BCUT2D eigenvalue weighted by molar-refractivity contribution is -0.138. The van der Waals surface area contributed by atoms with Crippen molar-refractivity contribution in [3.8, 4) is 5.75 Å². The second-order valence-electron chi connectivity index (χ2n) is 7.97. The number of methoxy groups -OCH3 is 1. The summed E-state index contributed by atoms with van der Waals surface area (Å²) in [6.07, 6.45) is 5.42. The van der Waals surface area contributed by atoms with Crippen LogP contribution in [0.2, 0.25) is 0 Å². The maximum Gasteiger partial charge on any atom is 0.226 e. The van der Waals surface area contributed by atoms with E-state index in [4.69, 9.17) is 9.47 Å². The van der Waals surface area contributed by atoms with E-state index in [0.29, 0.717) is 17.9 Å². The summed E-state index contributed by atoms with van der Waals surface area (Å²) in [6, 6.07) is 8.55. The summed E-state index contributed by atoms with van der Waals surface area (Å²) in [5, 5.41) is 0. The Morgan fingerprint density at radius 3 is 2.62 bits per heavy atom. The van der Waals surface area contributed by atoms with Crippen molar-refractivity contribution in [1.29, 1.82) is 0 Å². The molecule has 1 aromatic rings. The van der Waals surface area contributed by atoms with Crippen LogP contribution < -0.4 is 4.74 Å². The topological polar surface area (TPSA) is 42.0 Å².